The van der Waals surface area contributed by atoms with Gasteiger partial charge in [-0.05, 0) is 0 Å². The molecule has 10 heavy (non-hydrogen) atoms. The van der Waals surface area contributed by atoms with Crippen LogP contribution in [0.4, 0.5) is 0 Å². The van der Waals surface area contributed by atoms with Crippen molar-refractivity contribution < 1.29 is 15.6 Å². The maximum absolute atomic E-state index is 8.14. The molecule has 0 aromatic heterocycles. The lowest BCUT2D eigenvalue weighted by Gasteiger charge is -1.98. The van der Waals surface area contributed by atoms with Crippen LogP contribution >= 0.6 is 0 Å². The van der Waals surface area contributed by atoms with Crippen LogP contribution in [0.15, 0.2) is 10.3 Å². The number of hydrogen-bond acceptors (Lipinski definition) is 5. The molecule has 0 saturated carbocycles. The van der Waals surface area contributed by atoms with Crippen LogP contribution in [0, 0.1) is 0 Å². The molecule has 0 heterocycles. The topological polar surface area (TPSA) is 123 Å². The molecule has 58 valence electrons. The molecule has 6 N–H and O–H groups in total. The summed E-state index contributed by atoms with van der Waals surface area (Å²) in [6.07, 6.45) is -0.149. The first-order valence-electron chi connectivity index (χ1n) is 2.32. The maximum atomic E-state index is 8.14. The van der Waals surface area contributed by atoms with Crippen LogP contribution in [0.2, 0.25) is 0 Å². The van der Waals surface area contributed by atoms with E-state index >= 15 is 0 Å². The van der Waals surface area contributed by atoms with E-state index in [9.17, 15) is 0 Å². The molecule has 0 fully saturated rings. The normalized spacial score (nSPS) is 13.3. The molecule has 0 aliphatic rings. The van der Waals surface area contributed by atoms with Gasteiger partial charge in [0.15, 0.2) is 5.84 Å². The lowest BCUT2D eigenvalue weighted by molar-refractivity contribution is 0.221. The second kappa shape index (κ2) is 4.39. The third kappa shape index (κ3) is 2.72. The van der Waals surface area contributed by atoms with E-state index in [2.05, 4.69) is 10.3 Å². The number of hydroxylamine groups is 1. The van der Waals surface area contributed by atoms with Crippen molar-refractivity contribution in [3.05, 3.63) is 0 Å². The molecule has 7 nitrogen and oxygen atoms in total. The Bertz CT molecular complexity index is 154. The minimum atomic E-state index is -0.199. The number of nitrogens with two attached hydrogens (primary N) is 1. The summed E-state index contributed by atoms with van der Waals surface area (Å²) in [4.78, 5) is 0. The molecular weight excluding hydrogens is 140 g/mol. The summed E-state index contributed by atoms with van der Waals surface area (Å²) >= 11 is 0. The van der Waals surface area contributed by atoms with Crippen molar-refractivity contribution >= 4 is 11.7 Å². The van der Waals surface area contributed by atoms with Crippen molar-refractivity contribution in [1.82, 2.24) is 5.48 Å². The Labute approximate surface area is 56.4 Å². The number of rotatable bonds is 2. The lowest BCUT2D eigenvalue weighted by atomic mass is 10.4. The summed E-state index contributed by atoms with van der Waals surface area (Å²) in [5.41, 5.74) is 6.53. The van der Waals surface area contributed by atoms with Crippen LogP contribution in [0.3, 0.4) is 0 Å². The highest BCUT2D eigenvalue weighted by Gasteiger charge is 2.00. The van der Waals surface area contributed by atoms with Gasteiger partial charge in [0.2, 0.25) is 0 Å². The summed E-state index contributed by atoms with van der Waals surface area (Å²) in [5.74, 6) is -0.371. The van der Waals surface area contributed by atoms with Gasteiger partial charge >= 0.3 is 0 Å². The fourth-order valence-corrected chi connectivity index (χ4v) is 0.304. The smallest absolute Gasteiger partial charge is 0.172 e. The van der Waals surface area contributed by atoms with Crippen LogP contribution in [0.1, 0.15) is 6.42 Å². The predicted molar refractivity (Wildman–Crippen MR) is 32.2 cm³/mol. The van der Waals surface area contributed by atoms with Crippen LogP contribution < -0.4 is 11.2 Å². The first-order chi connectivity index (χ1) is 4.74. The number of oxime groups is 2. The first-order valence-corrected chi connectivity index (χ1v) is 2.32. The van der Waals surface area contributed by atoms with Crippen molar-refractivity contribution in [3.63, 3.8) is 0 Å². The van der Waals surface area contributed by atoms with Gasteiger partial charge in [-0.2, -0.15) is 0 Å². The first kappa shape index (κ1) is 8.50. The Kier molecular flexibility index (Phi) is 3.73. The van der Waals surface area contributed by atoms with Gasteiger partial charge in [0.1, 0.15) is 5.84 Å². The SMILES string of the molecule is N/C(C/C(=N/O)NO)=N/O. The molecule has 0 aromatic carbocycles. The number of hydrogen-bond donors (Lipinski definition) is 5. The monoisotopic (exact) mass is 148 g/mol. The third-order valence-electron chi connectivity index (χ3n) is 0.727. The van der Waals surface area contributed by atoms with E-state index in [1.54, 1.807) is 5.48 Å². The minimum Gasteiger partial charge on any atom is -0.409 e. The quantitative estimate of drug-likeness (QED) is 0.147. The van der Waals surface area contributed by atoms with Gasteiger partial charge in [-0.3, -0.25) is 10.7 Å². The Morgan fingerprint density at radius 1 is 1.40 bits per heavy atom. The van der Waals surface area contributed by atoms with Gasteiger partial charge in [-0.15, -0.1) is 0 Å². The van der Waals surface area contributed by atoms with E-state index < -0.39 is 0 Å². The van der Waals surface area contributed by atoms with Crippen LogP contribution in [-0.2, 0) is 0 Å². The number of nitrogens with zero attached hydrogens (tertiary/aromatic N) is 2. The largest absolute Gasteiger partial charge is 0.409 e. The van der Waals surface area contributed by atoms with Crippen molar-refractivity contribution in [3.8, 4) is 0 Å². The molecule has 0 atom stereocenters. The van der Waals surface area contributed by atoms with Crippen molar-refractivity contribution in [2.45, 2.75) is 6.42 Å². The fraction of sp³-hybridized carbons (Fsp3) is 0.333. The summed E-state index contributed by atoms with van der Waals surface area (Å²) in [6.45, 7) is 0. The Morgan fingerprint density at radius 2 is 2.00 bits per heavy atom. The van der Waals surface area contributed by atoms with E-state index in [0.717, 1.165) is 0 Å². The highest BCUT2D eigenvalue weighted by atomic mass is 16.5. The second-order valence-corrected chi connectivity index (χ2v) is 1.43. The molecule has 0 radical (unpaired) electrons. The second-order valence-electron chi connectivity index (χ2n) is 1.43. The maximum Gasteiger partial charge on any atom is 0.172 e. The van der Waals surface area contributed by atoms with Crippen molar-refractivity contribution in [1.29, 1.82) is 0 Å². The Balaban J connectivity index is 3.88. The average Bonchev–Trinajstić information content (AvgIpc) is 1.99. The van der Waals surface area contributed by atoms with Gasteiger partial charge < -0.3 is 16.1 Å². The van der Waals surface area contributed by atoms with Crippen LogP contribution in [0.5, 0.6) is 0 Å². The molecule has 0 amide bonds. The lowest BCUT2D eigenvalue weighted by Crippen LogP contribution is -2.26. The zero-order valence-corrected chi connectivity index (χ0v) is 5.02. The molecule has 0 aliphatic carbocycles. The summed E-state index contributed by atoms with van der Waals surface area (Å²) in [5, 5.41) is 29.3. The van der Waals surface area contributed by atoms with Crippen molar-refractivity contribution in [2.75, 3.05) is 0 Å². The molecule has 0 spiro atoms. The predicted octanol–water partition coefficient (Wildman–Crippen LogP) is -1.11. The molecule has 0 unspecified atom stereocenters. The average molecular weight is 148 g/mol. The third-order valence-corrected chi connectivity index (χ3v) is 0.727. The molecule has 0 saturated heterocycles. The minimum absolute atomic E-state index is 0.149. The van der Waals surface area contributed by atoms with E-state index in [1.165, 1.54) is 0 Å². The summed E-state index contributed by atoms with van der Waals surface area (Å²) < 4.78 is 0. The van der Waals surface area contributed by atoms with E-state index in [-0.39, 0.29) is 18.1 Å². The molecule has 0 bridgehead atoms. The van der Waals surface area contributed by atoms with Gasteiger partial charge in [0, 0.05) is 0 Å². The fourth-order valence-electron chi connectivity index (χ4n) is 0.304. The molecule has 7 heteroatoms. The highest BCUT2D eigenvalue weighted by Crippen LogP contribution is 1.80. The van der Waals surface area contributed by atoms with Crippen LogP contribution in [-0.4, -0.2) is 27.3 Å². The van der Waals surface area contributed by atoms with Crippen molar-refractivity contribution in [2.24, 2.45) is 16.0 Å². The van der Waals surface area contributed by atoms with Crippen LogP contribution in [0.25, 0.3) is 0 Å². The number of nitrogens with one attached hydrogen (secondary N) is 1. The van der Waals surface area contributed by atoms with Gasteiger partial charge in [0.05, 0.1) is 6.42 Å². The van der Waals surface area contributed by atoms with Gasteiger partial charge in [-0.25, -0.2) is 0 Å². The molecule has 0 aromatic rings. The van der Waals surface area contributed by atoms with Gasteiger partial charge in [0.25, 0.3) is 0 Å². The highest BCUT2D eigenvalue weighted by molar-refractivity contribution is 6.00. The standard InChI is InChI=1S/C3H8N4O3/c4-2(5-8)1-3(6-9)7-10/h8-10H,1H2,(H2,4,5)(H,6,7). The van der Waals surface area contributed by atoms with E-state index in [4.69, 9.17) is 21.4 Å². The molecule has 0 aliphatic heterocycles. The number of amidine groups is 2. The Morgan fingerprint density at radius 3 is 2.30 bits per heavy atom. The summed E-state index contributed by atoms with van der Waals surface area (Å²) in [7, 11) is 0. The van der Waals surface area contributed by atoms with E-state index in [1.807, 2.05) is 0 Å². The molecular formula is C3H8N4O3. The molecule has 0 rings (SSSR count). The zero-order valence-electron chi connectivity index (χ0n) is 5.02. The Hall–Kier alpha value is -1.50. The zero-order chi connectivity index (χ0) is 7.98. The summed E-state index contributed by atoms with van der Waals surface area (Å²) in [6, 6.07) is 0. The van der Waals surface area contributed by atoms with Gasteiger partial charge in [-0.1, -0.05) is 10.3 Å². The van der Waals surface area contributed by atoms with E-state index in [0.29, 0.717) is 0 Å².